The van der Waals surface area contributed by atoms with Gasteiger partial charge in [-0.3, -0.25) is 9.69 Å². The number of amides is 1. The summed E-state index contributed by atoms with van der Waals surface area (Å²) in [7, 11) is 0. The van der Waals surface area contributed by atoms with Crippen molar-refractivity contribution in [1.29, 1.82) is 0 Å². The summed E-state index contributed by atoms with van der Waals surface area (Å²) in [6, 6.07) is 14.0. The number of nitrogens with one attached hydrogen (secondary N) is 1. The summed E-state index contributed by atoms with van der Waals surface area (Å²) in [4.78, 5) is 15.6. The summed E-state index contributed by atoms with van der Waals surface area (Å²) in [5, 5.41) is 5.17. The molecule has 0 aliphatic carbocycles. The first-order chi connectivity index (χ1) is 15.0. The number of benzene rings is 2. The van der Waals surface area contributed by atoms with Gasteiger partial charge in [-0.25, -0.2) is 0 Å². The minimum absolute atomic E-state index is 0.0489. The zero-order chi connectivity index (χ0) is 21.8. The number of hydrogen-bond acceptors (Lipinski definition) is 4. The van der Waals surface area contributed by atoms with Crippen LogP contribution in [0, 0.1) is 19.8 Å². The summed E-state index contributed by atoms with van der Waals surface area (Å²) in [6.07, 6.45) is 2.17. The highest BCUT2D eigenvalue weighted by Gasteiger charge is 2.22. The monoisotopic (exact) mass is 420 g/mol. The summed E-state index contributed by atoms with van der Waals surface area (Å²) < 4.78 is 11.4. The first-order valence-corrected chi connectivity index (χ1v) is 11.3. The van der Waals surface area contributed by atoms with Gasteiger partial charge in [0, 0.05) is 18.7 Å². The summed E-state index contributed by atoms with van der Waals surface area (Å²) in [6.45, 7) is 10.2. The lowest BCUT2D eigenvalue weighted by molar-refractivity contribution is 0.0933. The van der Waals surface area contributed by atoms with E-state index in [-0.39, 0.29) is 5.91 Å². The maximum atomic E-state index is 13.1. The second-order valence-corrected chi connectivity index (χ2v) is 8.46. The normalized spacial score (nSPS) is 15.3. The highest BCUT2D eigenvalue weighted by Crippen LogP contribution is 2.28. The molecule has 0 atom stereocenters. The SMILES string of the molecule is CCOc1ccc2ccccc2c1C(=O)NCC1CCN(Cc2cc(C)oc2C)CC1. The molecule has 1 N–H and O–H groups in total. The van der Waals surface area contributed by atoms with E-state index in [4.69, 9.17) is 9.15 Å². The fraction of sp³-hybridized carbons (Fsp3) is 0.423. The number of carbonyl (C=O) groups is 1. The van der Waals surface area contributed by atoms with Gasteiger partial charge < -0.3 is 14.5 Å². The van der Waals surface area contributed by atoms with Crippen LogP contribution in [0.4, 0.5) is 0 Å². The van der Waals surface area contributed by atoms with E-state index in [9.17, 15) is 4.79 Å². The number of aryl methyl sites for hydroxylation is 2. The fourth-order valence-electron chi connectivity index (χ4n) is 4.52. The average Bonchev–Trinajstić information content (AvgIpc) is 3.09. The second kappa shape index (κ2) is 9.56. The Hall–Kier alpha value is -2.79. The smallest absolute Gasteiger partial charge is 0.255 e. The molecule has 1 aliphatic heterocycles. The Morgan fingerprint density at radius 1 is 1.16 bits per heavy atom. The molecule has 2 aromatic carbocycles. The Morgan fingerprint density at radius 2 is 1.94 bits per heavy atom. The van der Waals surface area contributed by atoms with Gasteiger partial charge in [0.15, 0.2) is 0 Å². The quantitative estimate of drug-likeness (QED) is 0.578. The first kappa shape index (κ1) is 21.4. The maximum Gasteiger partial charge on any atom is 0.255 e. The molecule has 1 aliphatic rings. The molecule has 0 bridgehead atoms. The molecule has 1 saturated heterocycles. The molecule has 164 valence electrons. The number of rotatable bonds is 7. The van der Waals surface area contributed by atoms with Crippen molar-refractivity contribution in [2.24, 2.45) is 5.92 Å². The van der Waals surface area contributed by atoms with Crippen LogP contribution in [0.2, 0.25) is 0 Å². The molecule has 4 rings (SSSR count). The van der Waals surface area contributed by atoms with Crippen molar-refractivity contribution in [3.8, 4) is 5.75 Å². The lowest BCUT2D eigenvalue weighted by Crippen LogP contribution is -2.38. The molecule has 0 unspecified atom stereocenters. The van der Waals surface area contributed by atoms with E-state index in [1.807, 2.05) is 57.2 Å². The van der Waals surface area contributed by atoms with Gasteiger partial charge in [-0.15, -0.1) is 0 Å². The van der Waals surface area contributed by atoms with Crippen LogP contribution in [0.5, 0.6) is 5.75 Å². The predicted molar refractivity (Wildman–Crippen MR) is 124 cm³/mol. The second-order valence-electron chi connectivity index (χ2n) is 8.46. The Morgan fingerprint density at radius 3 is 2.65 bits per heavy atom. The fourth-order valence-corrected chi connectivity index (χ4v) is 4.52. The number of piperidine rings is 1. The minimum atomic E-state index is -0.0489. The van der Waals surface area contributed by atoms with Crippen LogP contribution in [0.25, 0.3) is 10.8 Å². The van der Waals surface area contributed by atoms with Crippen molar-refractivity contribution >= 4 is 16.7 Å². The number of ether oxygens (including phenoxy) is 1. The first-order valence-electron chi connectivity index (χ1n) is 11.3. The van der Waals surface area contributed by atoms with E-state index < -0.39 is 0 Å². The van der Waals surface area contributed by atoms with Crippen LogP contribution in [0.1, 0.15) is 47.2 Å². The molecule has 1 aromatic heterocycles. The molecule has 0 saturated carbocycles. The summed E-state index contributed by atoms with van der Waals surface area (Å²) in [5.41, 5.74) is 1.92. The summed E-state index contributed by atoms with van der Waals surface area (Å²) in [5.74, 6) is 3.10. The van der Waals surface area contributed by atoms with Crippen molar-refractivity contribution < 1.29 is 13.9 Å². The van der Waals surface area contributed by atoms with Gasteiger partial charge in [-0.1, -0.05) is 30.3 Å². The van der Waals surface area contributed by atoms with Gasteiger partial charge in [0.2, 0.25) is 0 Å². The zero-order valence-corrected chi connectivity index (χ0v) is 18.7. The number of likely N-dealkylation sites (tertiary alicyclic amines) is 1. The van der Waals surface area contributed by atoms with Crippen molar-refractivity contribution in [3.63, 3.8) is 0 Å². The Balaban J connectivity index is 1.36. The number of hydrogen-bond donors (Lipinski definition) is 1. The van der Waals surface area contributed by atoms with Crippen LogP contribution in [-0.2, 0) is 6.54 Å². The van der Waals surface area contributed by atoms with Gasteiger partial charge >= 0.3 is 0 Å². The standard InChI is InChI=1S/C26H32N2O3/c1-4-30-24-10-9-21-7-5-6-8-23(21)25(24)26(29)27-16-20-11-13-28(14-12-20)17-22-15-18(2)31-19(22)3/h5-10,15,20H,4,11-14,16-17H2,1-3H3,(H,27,29). The molecule has 0 spiro atoms. The van der Waals surface area contributed by atoms with Crippen LogP contribution >= 0.6 is 0 Å². The molecule has 1 amide bonds. The molecule has 0 radical (unpaired) electrons. The largest absolute Gasteiger partial charge is 0.493 e. The predicted octanol–water partition coefficient (Wildman–Crippen LogP) is 5.09. The van der Waals surface area contributed by atoms with Crippen molar-refractivity contribution in [2.75, 3.05) is 26.2 Å². The Bertz CT molecular complexity index is 1050. The van der Waals surface area contributed by atoms with E-state index in [1.165, 1.54) is 5.56 Å². The third-order valence-corrected chi connectivity index (χ3v) is 6.21. The Labute approximate surface area is 184 Å². The maximum absolute atomic E-state index is 13.1. The van der Waals surface area contributed by atoms with Gasteiger partial charge in [0.25, 0.3) is 5.91 Å². The van der Waals surface area contributed by atoms with Gasteiger partial charge in [0.05, 0.1) is 12.2 Å². The number of furan rings is 1. The average molecular weight is 421 g/mol. The van der Waals surface area contributed by atoms with Gasteiger partial charge in [0.1, 0.15) is 17.3 Å². The topological polar surface area (TPSA) is 54.7 Å². The number of carbonyl (C=O) groups excluding carboxylic acids is 1. The van der Waals surface area contributed by atoms with E-state index >= 15 is 0 Å². The highest BCUT2D eigenvalue weighted by atomic mass is 16.5. The van der Waals surface area contributed by atoms with Crippen LogP contribution in [0.3, 0.4) is 0 Å². The molecule has 5 nitrogen and oxygen atoms in total. The van der Waals surface area contributed by atoms with Crippen LogP contribution in [-0.4, -0.2) is 37.0 Å². The number of nitrogens with zero attached hydrogens (tertiary/aromatic N) is 1. The minimum Gasteiger partial charge on any atom is -0.493 e. The highest BCUT2D eigenvalue weighted by molar-refractivity contribution is 6.09. The molecular weight excluding hydrogens is 388 g/mol. The summed E-state index contributed by atoms with van der Waals surface area (Å²) >= 11 is 0. The molecule has 5 heteroatoms. The van der Waals surface area contributed by atoms with Crippen LogP contribution in [0.15, 0.2) is 46.9 Å². The lowest BCUT2D eigenvalue weighted by atomic mass is 9.96. The van der Waals surface area contributed by atoms with E-state index in [2.05, 4.69) is 16.3 Å². The van der Waals surface area contributed by atoms with E-state index in [0.29, 0.717) is 30.4 Å². The third kappa shape index (κ3) is 4.93. The van der Waals surface area contributed by atoms with Gasteiger partial charge in [-0.2, -0.15) is 0 Å². The molecule has 31 heavy (non-hydrogen) atoms. The molecule has 1 fully saturated rings. The van der Waals surface area contributed by atoms with Crippen molar-refractivity contribution in [3.05, 3.63) is 65.1 Å². The number of fused-ring (bicyclic) bond motifs is 1. The third-order valence-electron chi connectivity index (χ3n) is 6.21. The lowest BCUT2D eigenvalue weighted by Gasteiger charge is -2.32. The van der Waals surface area contributed by atoms with Crippen molar-refractivity contribution in [1.82, 2.24) is 10.2 Å². The Kier molecular flexibility index (Phi) is 6.62. The molecular formula is C26H32N2O3. The van der Waals surface area contributed by atoms with Gasteiger partial charge in [-0.05, 0) is 75.5 Å². The zero-order valence-electron chi connectivity index (χ0n) is 18.7. The van der Waals surface area contributed by atoms with E-state index in [1.54, 1.807) is 0 Å². The van der Waals surface area contributed by atoms with Crippen molar-refractivity contribution in [2.45, 2.75) is 40.2 Å². The van der Waals surface area contributed by atoms with Crippen LogP contribution < -0.4 is 10.1 Å². The molecule has 2 heterocycles. The van der Waals surface area contributed by atoms with E-state index in [0.717, 1.165) is 54.8 Å². The molecule has 3 aromatic rings.